The van der Waals surface area contributed by atoms with Crippen molar-refractivity contribution in [2.75, 3.05) is 27.7 Å². The van der Waals surface area contributed by atoms with Crippen LogP contribution in [-0.4, -0.2) is 45.3 Å². The minimum Gasteiger partial charge on any atom is -0.301 e. The molecule has 142 valence electrons. The molecular formula is C18H23ClFN3O2S. The highest BCUT2D eigenvalue weighted by Crippen LogP contribution is 2.21. The van der Waals surface area contributed by atoms with E-state index < -0.39 is 16.0 Å². The normalized spacial score (nSPS) is 13.3. The van der Waals surface area contributed by atoms with Crippen LogP contribution in [0, 0.1) is 5.82 Å². The molecule has 1 N–H and O–H groups in total. The average molecular weight is 400 g/mol. The molecule has 0 aliphatic heterocycles. The summed E-state index contributed by atoms with van der Waals surface area (Å²) < 4.78 is 42.6. The Morgan fingerprint density at radius 3 is 2.31 bits per heavy atom. The van der Waals surface area contributed by atoms with E-state index in [1.807, 2.05) is 49.3 Å². The van der Waals surface area contributed by atoms with Gasteiger partial charge in [0.2, 0.25) is 0 Å². The predicted octanol–water partition coefficient (Wildman–Crippen LogP) is 3.05. The second-order valence-electron chi connectivity index (χ2n) is 6.20. The Hall–Kier alpha value is -1.51. The third-order valence-corrected chi connectivity index (χ3v) is 5.95. The van der Waals surface area contributed by atoms with Gasteiger partial charge in [0.05, 0.1) is 0 Å². The van der Waals surface area contributed by atoms with E-state index in [0.717, 1.165) is 9.87 Å². The fourth-order valence-electron chi connectivity index (χ4n) is 2.56. The predicted molar refractivity (Wildman–Crippen MR) is 103 cm³/mol. The molecule has 2 rings (SSSR count). The largest absolute Gasteiger partial charge is 0.301 e. The first-order valence-corrected chi connectivity index (χ1v) is 9.89. The zero-order valence-corrected chi connectivity index (χ0v) is 16.6. The summed E-state index contributed by atoms with van der Waals surface area (Å²) in [5.41, 5.74) is 1.15. The maximum absolute atomic E-state index is 13.9. The Labute approximate surface area is 159 Å². The molecule has 0 saturated heterocycles. The first-order valence-electron chi connectivity index (χ1n) is 8.07. The van der Waals surface area contributed by atoms with Crippen molar-refractivity contribution in [2.24, 2.45) is 0 Å². The summed E-state index contributed by atoms with van der Waals surface area (Å²) in [6.45, 7) is 0.0352. The molecule has 5 nitrogen and oxygen atoms in total. The van der Waals surface area contributed by atoms with Crippen LogP contribution in [0.25, 0.3) is 0 Å². The van der Waals surface area contributed by atoms with Gasteiger partial charge in [-0.15, -0.1) is 0 Å². The lowest BCUT2D eigenvalue weighted by Crippen LogP contribution is -2.42. The van der Waals surface area contributed by atoms with Crippen LogP contribution in [0.4, 0.5) is 4.39 Å². The van der Waals surface area contributed by atoms with E-state index in [4.69, 9.17) is 11.6 Å². The Morgan fingerprint density at radius 2 is 1.73 bits per heavy atom. The molecule has 1 atom stereocenters. The standard InChI is InChI=1S/C18H23ClFN3O2S/c1-22(2)18(14-8-5-4-6-9-14)12-21-26(24,25)23(3)13-15-16(19)10-7-11-17(15)20/h4-11,18,21H,12-13H2,1-3H3. The van der Waals surface area contributed by atoms with Gasteiger partial charge in [0, 0.05) is 36.8 Å². The van der Waals surface area contributed by atoms with Gasteiger partial charge in [-0.05, 0) is 31.8 Å². The number of benzene rings is 2. The summed E-state index contributed by atoms with van der Waals surface area (Å²) in [7, 11) is 1.36. The van der Waals surface area contributed by atoms with E-state index in [2.05, 4.69) is 4.72 Å². The molecule has 1 unspecified atom stereocenters. The topological polar surface area (TPSA) is 52.7 Å². The van der Waals surface area contributed by atoms with Gasteiger partial charge in [-0.3, -0.25) is 0 Å². The summed E-state index contributed by atoms with van der Waals surface area (Å²) in [6, 6.07) is 13.8. The van der Waals surface area contributed by atoms with E-state index in [1.165, 1.54) is 25.2 Å². The van der Waals surface area contributed by atoms with Gasteiger partial charge < -0.3 is 4.90 Å². The number of hydrogen-bond acceptors (Lipinski definition) is 3. The molecule has 0 heterocycles. The van der Waals surface area contributed by atoms with Gasteiger partial charge >= 0.3 is 0 Å². The highest BCUT2D eigenvalue weighted by atomic mass is 35.5. The fourth-order valence-corrected chi connectivity index (χ4v) is 3.67. The van der Waals surface area contributed by atoms with Gasteiger partial charge in [-0.1, -0.05) is 48.0 Å². The van der Waals surface area contributed by atoms with E-state index in [1.54, 1.807) is 0 Å². The van der Waals surface area contributed by atoms with Crippen LogP contribution in [0.15, 0.2) is 48.5 Å². The number of hydrogen-bond donors (Lipinski definition) is 1. The van der Waals surface area contributed by atoms with Crippen molar-refractivity contribution in [3.63, 3.8) is 0 Å². The summed E-state index contributed by atoms with van der Waals surface area (Å²) in [4.78, 5) is 1.94. The van der Waals surface area contributed by atoms with Crippen LogP contribution in [0.5, 0.6) is 0 Å². The van der Waals surface area contributed by atoms with E-state index in [-0.39, 0.29) is 29.7 Å². The van der Waals surface area contributed by atoms with Crippen molar-refractivity contribution >= 4 is 21.8 Å². The lowest BCUT2D eigenvalue weighted by molar-refractivity contribution is 0.297. The molecule has 2 aromatic rings. The van der Waals surface area contributed by atoms with Crippen LogP contribution in [0.1, 0.15) is 17.2 Å². The quantitative estimate of drug-likeness (QED) is 0.742. The fraction of sp³-hybridized carbons (Fsp3) is 0.333. The maximum Gasteiger partial charge on any atom is 0.279 e. The monoisotopic (exact) mass is 399 g/mol. The van der Waals surface area contributed by atoms with Crippen LogP contribution in [-0.2, 0) is 16.8 Å². The molecule has 0 aliphatic carbocycles. The van der Waals surface area contributed by atoms with E-state index >= 15 is 0 Å². The van der Waals surface area contributed by atoms with Crippen molar-refractivity contribution in [3.05, 3.63) is 70.5 Å². The number of halogens is 2. The molecule has 8 heteroatoms. The first-order chi connectivity index (χ1) is 12.2. The van der Waals surface area contributed by atoms with Gasteiger partial charge in [0.1, 0.15) is 5.82 Å². The lowest BCUT2D eigenvalue weighted by Gasteiger charge is -2.26. The molecule has 0 fully saturated rings. The summed E-state index contributed by atoms with van der Waals surface area (Å²) in [6.07, 6.45) is 0. The van der Waals surface area contributed by atoms with Crippen LogP contribution in [0.2, 0.25) is 5.02 Å². The third-order valence-electron chi connectivity index (χ3n) is 4.12. The van der Waals surface area contributed by atoms with Gasteiger partial charge in [0.15, 0.2) is 0 Å². The Morgan fingerprint density at radius 1 is 1.08 bits per heavy atom. The maximum atomic E-state index is 13.9. The zero-order chi connectivity index (χ0) is 19.3. The average Bonchev–Trinajstić information content (AvgIpc) is 2.58. The zero-order valence-electron chi connectivity index (χ0n) is 15.0. The second kappa shape index (κ2) is 8.92. The molecule has 0 saturated carbocycles. The number of likely N-dealkylation sites (N-methyl/N-ethyl adjacent to an activating group) is 1. The molecule has 0 aromatic heterocycles. The lowest BCUT2D eigenvalue weighted by atomic mass is 10.1. The third kappa shape index (κ3) is 5.25. The SMILES string of the molecule is CN(C)C(CNS(=O)(=O)N(C)Cc1c(F)cccc1Cl)c1ccccc1. The number of nitrogens with zero attached hydrogens (tertiary/aromatic N) is 2. The van der Waals surface area contributed by atoms with Crippen molar-refractivity contribution < 1.29 is 12.8 Å². The number of nitrogens with one attached hydrogen (secondary N) is 1. The summed E-state index contributed by atoms with van der Waals surface area (Å²) in [5.74, 6) is -0.532. The second-order valence-corrected chi connectivity index (χ2v) is 8.47. The summed E-state index contributed by atoms with van der Waals surface area (Å²) >= 11 is 5.98. The van der Waals surface area contributed by atoms with E-state index in [0.29, 0.717) is 0 Å². The van der Waals surface area contributed by atoms with Gasteiger partial charge in [-0.25, -0.2) is 9.11 Å². The highest BCUT2D eigenvalue weighted by molar-refractivity contribution is 7.87. The number of rotatable bonds is 8. The summed E-state index contributed by atoms with van der Waals surface area (Å²) in [5, 5.41) is 0.197. The van der Waals surface area contributed by atoms with Crippen LogP contribution >= 0.6 is 11.6 Å². The molecular weight excluding hydrogens is 377 g/mol. The highest BCUT2D eigenvalue weighted by Gasteiger charge is 2.23. The van der Waals surface area contributed by atoms with Crippen molar-refractivity contribution in [1.29, 1.82) is 0 Å². The Bertz CT molecular complexity index is 811. The van der Waals surface area contributed by atoms with Crippen molar-refractivity contribution in [2.45, 2.75) is 12.6 Å². The van der Waals surface area contributed by atoms with E-state index in [9.17, 15) is 12.8 Å². The Kier molecular flexibility index (Phi) is 7.14. The van der Waals surface area contributed by atoms with Gasteiger partial charge in [-0.2, -0.15) is 12.7 Å². The molecule has 0 spiro atoms. The minimum absolute atomic E-state index is 0.128. The molecule has 0 amide bonds. The molecule has 0 aliphatic rings. The van der Waals surface area contributed by atoms with Crippen LogP contribution < -0.4 is 4.72 Å². The van der Waals surface area contributed by atoms with Gasteiger partial charge in [0.25, 0.3) is 10.2 Å². The van der Waals surface area contributed by atoms with Crippen LogP contribution in [0.3, 0.4) is 0 Å². The smallest absolute Gasteiger partial charge is 0.279 e. The molecule has 2 aromatic carbocycles. The first kappa shape index (κ1) is 20.8. The molecule has 26 heavy (non-hydrogen) atoms. The molecule has 0 bridgehead atoms. The van der Waals surface area contributed by atoms with Crippen molar-refractivity contribution in [1.82, 2.24) is 13.9 Å². The molecule has 0 radical (unpaired) electrons. The minimum atomic E-state index is -3.80. The van der Waals surface area contributed by atoms with Crippen molar-refractivity contribution in [3.8, 4) is 0 Å². The Balaban J connectivity index is 2.09.